The highest BCUT2D eigenvalue weighted by atomic mass is 16.6. The number of hydrogen-bond donors (Lipinski definition) is 4. The molecule has 158 valence electrons. The van der Waals surface area contributed by atoms with Crippen LogP contribution in [0.4, 0.5) is 5.95 Å². The Morgan fingerprint density at radius 2 is 2.00 bits per heavy atom. The average molecular weight is 415 g/mol. The largest absolute Gasteiger partial charge is 0.471 e. The third-order valence-corrected chi connectivity index (χ3v) is 4.69. The number of anilines is 1. The van der Waals surface area contributed by atoms with E-state index in [4.69, 9.17) is 9.47 Å². The highest BCUT2D eigenvalue weighted by molar-refractivity contribution is 5.88. The number of rotatable bonds is 6. The minimum Gasteiger partial charge on any atom is -0.471 e. The van der Waals surface area contributed by atoms with E-state index in [0.717, 1.165) is 5.56 Å². The van der Waals surface area contributed by atoms with Crippen LogP contribution < -0.4 is 10.1 Å². The maximum Gasteiger partial charge on any atom is 0.247 e. The lowest BCUT2D eigenvalue weighted by Crippen LogP contribution is -2.33. The first-order chi connectivity index (χ1) is 14.5. The van der Waals surface area contributed by atoms with Crippen LogP contribution in [0.3, 0.4) is 0 Å². The van der Waals surface area contributed by atoms with Gasteiger partial charge in [-0.15, -0.1) is 0 Å². The van der Waals surface area contributed by atoms with Crippen molar-refractivity contribution in [3.63, 3.8) is 0 Å². The van der Waals surface area contributed by atoms with Gasteiger partial charge in [0.1, 0.15) is 24.9 Å². The van der Waals surface area contributed by atoms with Crippen LogP contribution in [0.15, 0.2) is 36.7 Å². The Morgan fingerprint density at radius 3 is 2.67 bits per heavy atom. The third kappa shape index (κ3) is 3.83. The summed E-state index contributed by atoms with van der Waals surface area (Å²) in [5.74, 6) is -0.244. The molecule has 4 atom stereocenters. The van der Waals surface area contributed by atoms with Gasteiger partial charge in [0.25, 0.3) is 0 Å². The predicted octanol–water partition coefficient (Wildman–Crippen LogP) is -0.0248. The Bertz CT molecular complexity index is 1040. The normalized spacial score (nSPS) is 23.6. The molecule has 1 aromatic carbocycles. The molecular weight excluding hydrogens is 394 g/mol. The minimum absolute atomic E-state index is 0.00782. The first-order valence-corrected chi connectivity index (χ1v) is 9.29. The topological polar surface area (TPSA) is 152 Å². The Morgan fingerprint density at radius 1 is 1.23 bits per heavy atom. The van der Waals surface area contributed by atoms with E-state index >= 15 is 0 Å². The van der Waals surface area contributed by atoms with Crippen LogP contribution in [-0.2, 0) is 16.1 Å². The first-order valence-electron chi connectivity index (χ1n) is 9.29. The van der Waals surface area contributed by atoms with Crippen molar-refractivity contribution in [1.29, 1.82) is 0 Å². The van der Waals surface area contributed by atoms with Crippen LogP contribution in [0.1, 0.15) is 18.7 Å². The highest BCUT2D eigenvalue weighted by Crippen LogP contribution is 2.33. The average Bonchev–Trinajstić information content (AvgIpc) is 3.27. The summed E-state index contributed by atoms with van der Waals surface area (Å²) in [5, 5.41) is 32.2. The van der Waals surface area contributed by atoms with E-state index in [1.54, 1.807) is 0 Å². The molecule has 3 aromatic rings. The summed E-state index contributed by atoms with van der Waals surface area (Å²) in [6, 6.07) is 9.44. The van der Waals surface area contributed by atoms with Gasteiger partial charge in [0.05, 0.1) is 12.9 Å². The lowest BCUT2D eigenvalue weighted by Gasteiger charge is -2.17. The Hall–Kier alpha value is -3.12. The quantitative estimate of drug-likeness (QED) is 0.435. The summed E-state index contributed by atoms with van der Waals surface area (Å²) in [7, 11) is 0. The molecule has 4 rings (SSSR count). The van der Waals surface area contributed by atoms with E-state index in [-0.39, 0.29) is 35.5 Å². The Labute approximate surface area is 170 Å². The number of fused-ring (bicyclic) bond motifs is 1. The molecule has 1 saturated heterocycles. The van der Waals surface area contributed by atoms with Crippen LogP contribution in [0, 0.1) is 0 Å². The lowest BCUT2D eigenvalue weighted by molar-refractivity contribution is -0.114. The highest BCUT2D eigenvalue weighted by Gasteiger charge is 2.44. The van der Waals surface area contributed by atoms with Crippen molar-refractivity contribution in [2.24, 2.45) is 0 Å². The molecule has 0 unspecified atom stereocenters. The number of carbonyl (C=O) groups is 1. The van der Waals surface area contributed by atoms with Crippen LogP contribution >= 0.6 is 0 Å². The summed E-state index contributed by atoms with van der Waals surface area (Å²) < 4.78 is 12.8. The van der Waals surface area contributed by atoms with Gasteiger partial charge in [-0.3, -0.25) is 14.7 Å². The van der Waals surface area contributed by atoms with Crippen LogP contribution in [-0.4, -0.2) is 65.7 Å². The van der Waals surface area contributed by atoms with Crippen molar-refractivity contribution in [3.05, 3.63) is 42.2 Å². The van der Waals surface area contributed by atoms with Crippen molar-refractivity contribution < 1.29 is 29.6 Å². The van der Waals surface area contributed by atoms with Crippen LogP contribution in [0.2, 0.25) is 0 Å². The Balaban J connectivity index is 1.72. The van der Waals surface area contributed by atoms with Crippen LogP contribution in [0.5, 0.6) is 5.88 Å². The van der Waals surface area contributed by atoms with Gasteiger partial charge in [0.15, 0.2) is 17.4 Å². The minimum atomic E-state index is -1.31. The summed E-state index contributed by atoms with van der Waals surface area (Å²) in [6.07, 6.45) is -3.21. The lowest BCUT2D eigenvalue weighted by atomic mass is 10.1. The van der Waals surface area contributed by atoms with Crippen molar-refractivity contribution in [2.45, 2.75) is 38.1 Å². The van der Waals surface area contributed by atoms with E-state index in [1.807, 2.05) is 30.3 Å². The monoisotopic (exact) mass is 415 g/mol. The molecular formula is C19H21N5O6. The van der Waals surface area contributed by atoms with E-state index in [2.05, 4.69) is 20.3 Å². The van der Waals surface area contributed by atoms with E-state index in [9.17, 15) is 20.1 Å². The number of nitrogens with zero attached hydrogens (tertiary/aromatic N) is 4. The number of benzene rings is 1. The number of imidazole rings is 1. The standard InChI is InChI=1S/C19H21N5O6/c1-10(26)21-19-22-16-13(17(23-19)29-8-11-5-3-2-4-6-11)20-9-24(16)18-15(28)14(27)12(7-25)30-18/h2-6,9,12,14-15,18,25,27-28H,7-8H2,1H3,(H,21,22,23,26)/t12-,14-,15-,18-/m1/s1. The number of hydrogen-bond acceptors (Lipinski definition) is 9. The molecule has 11 heteroatoms. The number of nitrogens with one attached hydrogen (secondary N) is 1. The molecule has 2 aromatic heterocycles. The second-order valence-electron chi connectivity index (χ2n) is 6.86. The van der Waals surface area contributed by atoms with Gasteiger partial charge in [0, 0.05) is 6.92 Å². The molecule has 1 aliphatic rings. The zero-order valence-corrected chi connectivity index (χ0v) is 16.0. The molecule has 4 N–H and O–H groups in total. The molecule has 1 aliphatic heterocycles. The summed E-state index contributed by atoms with van der Waals surface area (Å²) >= 11 is 0. The number of aliphatic hydroxyl groups excluding tert-OH is 3. The molecule has 0 aliphatic carbocycles. The van der Waals surface area contributed by atoms with Crippen molar-refractivity contribution in [3.8, 4) is 5.88 Å². The number of amides is 1. The predicted molar refractivity (Wildman–Crippen MR) is 103 cm³/mol. The summed E-state index contributed by atoms with van der Waals surface area (Å²) in [5.41, 5.74) is 1.43. The second kappa shape index (κ2) is 8.32. The fourth-order valence-electron chi connectivity index (χ4n) is 3.23. The van der Waals surface area contributed by atoms with Gasteiger partial charge < -0.3 is 24.8 Å². The molecule has 11 nitrogen and oxygen atoms in total. The zero-order valence-electron chi connectivity index (χ0n) is 16.0. The van der Waals surface area contributed by atoms with Gasteiger partial charge in [-0.1, -0.05) is 30.3 Å². The maximum atomic E-state index is 11.5. The fraction of sp³-hybridized carbons (Fsp3) is 0.368. The number of aromatic nitrogens is 4. The fourth-order valence-corrected chi connectivity index (χ4v) is 3.23. The number of aliphatic hydroxyl groups is 3. The van der Waals surface area contributed by atoms with E-state index in [0.29, 0.717) is 0 Å². The summed E-state index contributed by atoms with van der Waals surface area (Å²) in [6.45, 7) is 1.08. The number of ether oxygens (including phenoxy) is 2. The molecule has 0 spiro atoms. The van der Waals surface area contributed by atoms with Gasteiger partial charge >= 0.3 is 0 Å². The molecule has 0 radical (unpaired) electrons. The van der Waals surface area contributed by atoms with E-state index in [1.165, 1.54) is 17.8 Å². The second-order valence-corrected chi connectivity index (χ2v) is 6.86. The zero-order chi connectivity index (χ0) is 21.3. The van der Waals surface area contributed by atoms with Crippen molar-refractivity contribution >= 4 is 23.0 Å². The molecule has 30 heavy (non-hydrogen) atoms. The molecule has 0 saturated carbocycles. The SMILES string of the molecule is CC(=O)Nc1nc(OCc2ccccc2)c2ncn([C@@H]3O[C@H](CO)[C@@H](O)[C@H]3O)c2n1. The molecule has 3 heterocycles. The third-order valence-electron chi connectivity index (χ3n) is 4.69. The first kappa shape index (κ1) is 20.2. The maximum absolute atomic E-state index is 11.5. The van der Waals surface area contributed by atoms with Gasteiger partial charge in [-0.2, -0.15) is 9.97 Å². The van der Waals surface area contributed by atoms with Gasteiger partial charge in [0.2, 0.25) is 17.7 Å². The summed E-state index contributed by atoms with van der Waals surface area (Å²) in [4.78, 5) is 24.3. The molecule has 1 fully saturated rings. The van der Waals surface area contributed by atoms with Gasteiger partial charge in [-0.05, 0) is 5.56 Å². The van der Waals surface area contributed by atoms with Crippen LogP contribution in [0.25, 0.3) is 11.2 Å². The molecule has 0 bridgehead atoms. The number of carbonyl (C=O) groups excluding carboxylic acids is 1. The van der Waals surface area contributed by atoms with Crippen molar-refractivity contribution in [1.82, 2.24) is 19.5 Å². The Kier molecular flexibility index (Phi) is 5.59. The van der Waals surface area contributed by atoms with Gasteiger partial charge in [-0.25, -0.2) is 4.98 Å². The van der Waals surface area contributed by atoms with E-state index < -0.39 is 31.1 Å². The molecule has 1 amide bonds. The smallest absolute Gasteiger partial charge is 0.247 e. The van der Waals surface area contributed by atoms with Crippen molar-refractivity contribution in [2.75, 3.05) is 11.9 Å².